The molecule has 0 N–H and O–H groups in total. The number of hydrogen-bond acceptors (Lipinski definition) is 6. The third-order valence-electron chi connectivity index (χ3n) is 6.71. The number of fused-ring (bicyclic) bond motifs is 2. The number of carbonyl (C=O) groups is 2. The first-order valence-electron chi connectivity index (χ1n) is 11.7. The SMILES string of the molecule is Cc1cc(C(=O)COC(=O)CCn2cnc3c(cnn3C)c2=O)c(C)n1-c1ccc2c(c1)CCC2. The summed E-state index contributed by atoms with van der Waals surface area (Å²) in [7, 11) is 1.70. The first-order chi connectivity index (χ1) is 16.8. The van der Waals surface area contributed by atoms with Crippen molar-refractivity contribution < 1.29 is 14.3 Å². The summed E-state index contributed by atoms with van der Waals surface area (Å²) >= 11 is 0. The molecule has 5 rings (SSSR count). The van der Waals surface area contributed by atoms with Crippen molar-refractivity contribution in [2.45, 2.75) is 46.1 Å². The Bertz CT molecular complexity index is 1520. The Hall–Kier alpha value is -4.01. The van der Waals surface area contributed by atoms with Crippen molar-refractivity contribution in [3.63, 3.8) is 0 Å². The summed E-state index contributed by atoms with van der Waals surface area (Å²) < 4.78 is 10.2. The van der Waals surface area contributed by atoms with E-state index in [0.717, 1.165) is 29.9 Å². The monoisotopic (exact) mass is 473 g/mol. The van der Waals surface area contributed by atoms with E-state index in [1.54, 1.807) is 7.05 Å². The summed E-state index contributed by atoms with van der Waals surface area (Å²) in [5, 5.41) is 4.42. The van der Waals surface area contributed by atoms with E-state index in [-0.39, 0.29) is 30.9 Å². The summed E-state index contributed by atoms with van der Waals surface area (Å²) in [5.74, 6) is -0.807. The highest BCUT2D eigenvalue weighted by molar-refractivity contribution is 5.99. The maximum absolute atomic E-state index is 12.9. The van der Waals surface area contributed by atoms with Crippen molar-refractivity contribution in [3.8, 4) is 5.69 Å². The molecule has 1 aromatic carbocycles. The van der Waals surface area contributed by atoms with Crippen LogP contribution in [0.4, 0.5) is 0 Å². The third-order valence-corrected chi connectivity index (χ3v) is 6.71. The zero-order chi connectivity index (χ0) is 24.7. The van der Waals surface area contributed by atoms with E-state index < -0.39 is 5.97 Å². The molecule has 4 aromatic rings. The van der Waals surface area contributed by atoms with E-state index in [9.17, 15) is 14.4 Å². The molecule has 1 aliphatic carbocycles. The van der Waals surface area contributed by atoms with E-state index in [0.29, 0.717) is 16.6 Å². The van der Waals surface area contributed by atoms with E-state index in [1.165, 1.54) is 39.3 Å². The van der Waals surface area contributed by atoms with Gasteiger partial charge in [-0.15, -0.1) is 0 Å². The molecule has 3 aromatic heterocycles. The standard InChI is InChI=1S/C26H27N5O4/c1-16-11-21(17(2)31(16)20-8-7-18-5-4-6-19(18)12-20)23(32)14-35-24(33)9-10-30-15-27-25-22(26(30)34)13-28-29(25)3/h7-8,11-13,15H,4-6,9-10,14H2,1-3H3. The largest absolute Gasteiger partial charge is 0.457 e. The lowest BCUT2D eigenvalue weighted by Gasteiger charge is -2.12. The molecule has 0 amide bonds. The van der Waals surface area contributed by atoms with Crippen LogP contribution in [0.5, 0.6) is 0 Å². The summed E-state index contributed by atoms with van der Waals surface area (Å²) in [6, 6.07) is 8.31. The Labute approximate surface area is 202 Å². The minimum Gasteiger partial charge on any atom is -0.457 e. The number of aryl methyl sites for hydroxylation is 5. The van der Waals surface area contributed by atoms with Crippen LogP contribution in [0.3, 0.4) is 0 Å². The molecule has 3 heterocycles. The molecule has 0 atom stereocenters. The van der Waals surface area contributed by atoms with Gasteiger partial charge in [-0.25, -0.2) is 4.98 Å². The van der Waals surface area contributed by atoms with Crippen LogP contribution in [0, 0.1) is 13.8 Å². The molecule has 0 aliphatic heterocycles. The number of Topliss-reactive ketones (excluding diaryl/α,β-unsaturated/α-hetero) is 1. The number of aromatic nitrogens is 5. The summed E-state index contributed by atoms with van der Waals surface area (Å²) in [6.45, 7) is 3.63. The lowest BCUT2D eigenvalue weighted by molar-refractivity contribution is -0.142. The van der Waals surface area contributed by atoms with Crippen LogP contribution in [-0.2, 0) is 36.0 Å². The molecule has 180 valence electrons. The van der Waals surface area contributed by atoms with Crippen LogP contribution in [0.2, 0.25) is 0 Å². The van der Waals surface area contributed by atoms with E-state index in [4.69, 9.17) is 4.74 Å². The predicted molar refractivity (Wildman–Crippen MR) is 130 cm³/mol. The second-order valence-corrected chi connectivity index (χ2v) is 9.01. The van der Waals surface area contributed by atoms with Crippen molar-refractivity contribution in [2.24, 2.45) is 7.05 Å². The number of nitrogens with zero attached hydrogens (tertiary/aromatic N) is 5. The molecule has 0 fully saturated rings. The highest BCUT2D eigenvalue weighted by Gasteiger charge is 2.20. The molecule has 0 spiro atoms. The minimum atomic E-state index is -0.552. The van der Waals surface area contributed by atoms with Crippen LogP contribution < -0.4 is 5.56 Å². The first-order valence-corrected chi connectivity index (χ1v) is 11.7. The average Bonchev–Trinajstić information content (AvgIpc) is 3.54. The lowest BCUT2D eigenvalue weighted by Crippen LogP contribution is -2.23. The Morgan fingerprint density at radius 2 is 1.91 bits per heavy atom. The normalized spacial score (nSPS) is 12.8. The van der Waals surface area contributed by atoms with Crippen molar-refractivity contribution in [1.82, 2.24) is 23.9 Å². The van der Waals surface area contributed by atoms with Gasteiger partial charge >= 0.3 is 5.97 Å². The summed E-state index contributed by atoms with van der Waals surface area (Å²) in [4.78, 5) is 41.9. The number of ketones is 1. The molecule has 9 nitrogen and oxygen atoms in total. The van der Waals surface area contributed by atoms with Gasteiger partial charge in [0.05, 0.1) is 18.9 Å². The Kier molecular flexibility index (Phi) is 5.84. The molecule has 9 heteroatoms. The highest BCUT2D eigenvalue weighted by atomic mass is 16.5. The second-order valence-electron chi connectivity index (χ2n) is 9.01. The van der Waals surface area contributed by atoms with Crippen LogP contribution in [0.1, 0.15) is 45.7 Å². The van der Waals surface area contributed by atoms with Gasteiger partial charge in [0, 0.05) is 36.2 Å². The molecule has 0 unspecified atom stereocenters. The predicted octanol–water partition coefficient (Wildman–Crippen LogP) is 2.84. The summed E-state index contributed by atoms with van der Waals surface area (Å²) in [5.41, 5.74) is 6.34. The van der Waals surface area contributed by atoms with Crippen LogP contribution in [-0.4, -0.2) is 42.3 Å². The maximum Gasteiger partial charge on any atom is 0.308 e. The lowest BCUT2D eigenvalue weighted by atomic mass is 10.1. The van der Waals surface area contributed by atoms with Gasteiger partial charge in [-0.05, 0) is 62.4 Å². The van der Waals surface area contributed by atoms with E-state index in [2.05, 4.69) is 32.8 Å². The molecule has 35 heavy (non-hydrogen) atoms. The number of hydrogen-bond donors (Lipinski definition) is 0. The van der Waals surface area contributed by atoms with E-state index >= 15 is 0 Å². The van der Waals surface area contributed by atoms with Crippen LogP contribution >= 0.6 is 0 Å². The smallest absolute Gasteiger partial charge is 0.308 e. The first kappa shape index (κ1) is 22.8. The maximum atomic E-state index is 12.9. The molecule has 0 saturated heterocycles. The third kappa shape index (κ3) is 4.18. The zero-order valence-electron chi connectivity index (χ0n) is 20.1. The fourth-order valence-electron chi connectivity index (χ4n) is 4.87. The number of carbonyl (C=O) groups excluding carboxylic acids is 2. The summed E-state index contributed by atoms with van der Waals surface area (Å²) in [6.07, 6.45) is 6.19. The number of benzene rings is 1. The van der Waals surface area contributed by atoms with Crippen LogP contribution in [0.15, 0.2) is 41.6 Å². The van der Waals surface area contributed by atoms with Crippen LogP contribution in [0.25, 0.3) is 16.7 Å². The fraction of sp³-hybridized carbons (Fsp3) is 0.346. The average molecular weight is 474 g/mol. The van der Waals surface area contributed by atoms with Gasteiger partial charge in [0.15, 0.2) is 12.3 Å². The van der Waals surface area contributed by atoms with Crippen molar-refractivity contribution in [2.75, 3.05) is 6.61 Å². The molecular formula is C26H27N5O4. The second kappa shape index (κ2) is 8.98. The van der Waals surface area contributed by atoms with Gasteiger partial charge in [0.2, 0.25) is 5.78 Å². The minimum absolute atomic E-state index is 0.0468. The van der Waals surface area contributed by atoms with Gasteiger partial charge < -0.3 is 9.30 Å². The molecule has 0 bridgehead atoms. The van der Waals surface area contributed by atoms with E-state index in [1.807, 2.05) is 19.9 Å². The Morgan fingerprint density at radius 3 is 2.74 bits per heavy atom. The topological polar surface area (TPSA) is 101 Å². The van der Waals surface area contributed by atoms with Crippen molar-refractivity contribution in [1.29, 1.82) is 0 Å². The van der Waals surface area contributed by atoms with Gasteiger partial charge in [-0.3, -0.25) is 23.6 Å². The molecule has 1 aliphatic rings. The van der Waals surface area contributed by atoms with Gasteiger partial charge in [-0.1, -0.05) is 6.07 Å². The van der Waals surface area contributed by atoms with Gasteiger partial charge in [-0.2, -0.15) is 5.10 Å². The zero-order valence-corrected chi connectivity index (χ0v) is 20.1. The highest BCUT2D eigenvalue weighted by Crippen LogP contribution is 2.27. The number of rotatable bonds is 7. The van der Waals surface area contributed by atoms with Gasteiger partial charge in [0.25, 0.3) is 5.56 Å². The Balaban J connectivity index is 1.23. The Morgan fingerprint density at radius 1 is 1.11 bits per heavy atom. The molecule has 0 radical (unpaired) electrons. The number of ether oxygens (including phenoxy) is 1. The quantitative estimate of drug-likeness (QED) is 0.302. The number of esters is 1. The van der Waals surface area contributed by atoms with Crippen molar-refractivity contribution in [3.05, 3.63) is 75.2 Å². The van der Waals surface area contributed by atoms with Crippen molar-refractivity contribution >= 4 is 22.8 Å². The fourth-order valence-corrected chi connectivity index (χ4v) is 4.87. The molecule has 0 saturated carbocycles. The van der Waals surface area contributed by atoms with Gasteiger partial charge in [0.1, 0.15) is 5.39 Å². The molecular weight excluding hydrogens is 446 g/mol.